The Balaban J connectivity index is 1.35. The summed E-state index contributed by atoms with van der Waals surface area (Å²) in [6.07, 6.45) is 2.00. The molecule has 1 fully saturated rings. The molecule has 1 aromatic heterocycles. The molecule has 8 heteroatoms. The first-order valence-corrected chi connectivity index (χ1v) is 11.7. The van der Waals surface area contributed by atoms with E-state index in [1.165, 1.54) is 0 Å². The average Bonchev–Trinajstić information content (AvgIpc) is 3.24. The van der Waals surface area contributed by atoms with E-state index in [4.69, 9.17) is 4.42 Å². The second-order valence-corrected chi connectivity index (χ2v) is 9.38. The van der Waals surface area contributed by atoms with Crippen molar-refractivity contribution < 1.29 is 12.8 Å². The highest BCUT2D eigenvalue weighted by Gasteiger charge is 2.29. The third-order valence-electron chi connectivity index (χ3n) is 5.28. The van der Waals surface area contributed by atoms with Gasteiger partial charge in [-0.25, -0.2) is 8.42 Å². The summed E-state index contributed by atoms with van der Waals surface area (Å²) in [5.41, 5.74) is 2.05. The molecule has 0 spiro atoms. The number of nitrogens with zero attached hydrogens (tertiary/aromatic N) is 4. The predicted molar refractivity (Wildman–Crippen MR) is 114 cm³/mol. The standard InChI is InChI=1S/C22H26N4O3S/c1-2-6-18-9-11-20(12-10-18)30(27,28)26-15-13-25(14-16-26)17-21-23-24-22(29-21)19-7-4-3-5-8-19/h3-5,7-12H,2,6,13-17H2,1H3. The summed E-state index contributed by atoms with van der Waals surface area (Å²) < 4.78 is 33.2. The van der Waals surface area contributed by atoms with Gasteiger partial charge in [0.15, 0.2) is 0 Å². The number of aromatic nitrogens is 2. The van der Waals surface area contributed by atoms with E-state index in [-0.39, 0.29) is 0 Å². The Bertz CT molecular complexity index is 1060. The summed E-state index contributed by atoms with van der Waals surface area (Å²) in [6, 6.07) is 16.9. The van der Waals surface area contributed by atoms with E-state index in [9.17, 15) is 8.42 Å². The fraction of sp³-hybridized carbons (Fsp3) is 0.364. The maximum absolute atomic E-state index is 12.9. The number of aryl methyl sites for hydroxylation is 1. The summed E-state index contributed by atoms with van der Waals surface area (Å²) in [5.74, 6) is 1.04. The smallest absolute Gasteiger partial charge is 0.247 e. The summed E-state index contributed by atoms with van der Waals surface area (Å²) in [7, 11) is -3.47. The molecule has 0 unspecified atom stereocenters. The van der Waals surface area contributed by atoms with Crippen molar-refractivity contribution in [2.45, 2.75) is 31.2 Å². The van der Waals surface area contributed by atoms with Gasteiger partial charge in [-0.05, 0) is 36.2 Å². The van der Waals surface area contributed by atoms with E-state index in [0.29, 0.717) is 49.4 Å². The van der Waals surface area contributed by atoms with Gasteiger partial charge in [-0.3, -0.25) is 4.90 Å². The summed E-state index contributed by atoms with van der Waals surface area (Å²) in [4.78, 5) is 2.50. The molecular weight excluding hydrogens is 400 g/mol. The molecule has 1 saturated heterocycles. The average molecular weight is 427 g/mol. The Labute approximate surface area is 177 Å². The van der Waals surface area contributed by atoms with Crippen LogP contribution in [0.1, 0.15) is 24.8 Å². The molecule has 2 heterocycles. The van der Waals surface area contributed by atoms with Gasteiger partial charge in [-0.15, -0.1) is 10.2 Å². The SMILES string of the molecule is CCCc1ccc(S(=O)(=O)N2CCN(Cc3nnc(-c4ccccc4)o3)CC2)cc1. The Hall–Kier alpha value is -2.55. The molecule has 0 saturated carbocycles. The van der Waals surface area contributed by atoms with Crippen molar-refractivity contribution in [2.75, 3.05) is 26.2 Å². The minimum Gasteiger partial charge on any atom is -0.419 e. The lowest BCUT2D eigenvalue weighted by Crippen LogP contribution is -2.48. The second-order valence-electron chi connectivity index (χ2n) is 7.44. The second kappa shape index (κ2) is 9.07. The third kappa shape index (κ3) is 4.61. The van der Waals surface area contributed by atoms with Crippen molar-refractivity contribution in [1.82, 2.24) is 19.4 Å². The zero-order chi connectivity index (χ0) is 21.0. The van der Waals surface area contributed by atoms with Crippen LogP contribution in [-0.4, -0.2) is 54.0 Å². The molecule has 0 amide bonds. The fourth-order valence-corrected chi connectivity index (χ4v) is 5.02. The number of piperazine rings is 1. The van der Waals surface area contributed by atoms with E-state index in [1.54, 1.807) is 16.4 Å². The Kier molecular flexibility index (Phi) is 6.26. The van der Waals surface area contributed by atoms with Crippen molar-refractivity contribution >= 4 is 10.0 Å². The minimum atomic E-state index is -3.47. The molecular formula is C22H26N4O3S. The maximum Gasteiger partial charge on any atom is 0.247 e. The molecule has 1 aliphatic heterocycles. The molecule has 2 aromatic carbocycles. The molecule has 3 aromatic rings. The first kappa shape index (κ1) is 20.7. The molecule has 0 radical (unpaired) electrons. The molecule has 4 rings (SSSR count). The van der Waals surface area contributed by atoms with Crippen LogP contribution in [0.3, 0.4) is 0 Å². The van der Waals surface area contributed by atoms with Crippen LogP contribution >= 0.6 is 0 Å². The van der Waals surface area contributed by atoms with Crippen LogP contribution in [0.25, 0.3) is 11.5 Å². The topological polar surface area (TPSA) is 79.5 Å². The highest BCUT2D eigenvalue weighted by atomic mass is 32.2. The molecule has 0 bridgehead atoms. The van der Waals surface area contributed by atoms with Gasteiger partial charge >= 0.3 is 0 Å². The number of sulfonamides is 1. The fourth-order valence-electron chi connectivity index (χ4n) is 3.60. The molecule has 0 atom stereocenters. The van der Waals surface area contributed by atoms with E-state index in [2.05, 4.69) is 22.0 Å². The van der Waals surface area contributed by atoms with Crippen molar-refractivity contribution in [3.8, 4) is 11.5 Å². The van der Waals surface area contributed by atoms with E-state index >= 15 is 0 Å². The predicted octanol–water partition coefficient (Wildman–Crippen LogP) is 3.20. The van der Waals surface area contributed by atoms with Gasteiger partial charge < -0.3 is 4.42 Å². The zero-order valence-corrected chi connectivity index (χ0v) is 17.9. The number of hydrogen-bond donors (Lipinski definition) is 0. The third-order valence-corrected chi connectivity index (χ3v) is 7.19. The maximum atomic E-state index is 12.9. The van der Waals surface area contributed by atoms with Crippen LogP contribution < -0.4 is 0 Å². The van der Waals surface area contributed by atoms with Crippen molar-refractivity contribution in [2.24, 2.45) is 0 Å². The molecule has 0 aliphatic carbocycles. The molecule has 1 aliphatic rings. The zero-order valence-electron chi connectivity index (χ0n) is 17.1. The van der Waals surface area contributed by atoms with Crippen LogP contribution in [-0.2, 0) is 23.0 Å². The van der Waals surface area contributed by atoms with Crippen LogP contribution in [0.15, 0.2) is 63.9 Å². The van der Waals surface area contributed by atoms with Crippen molar-refractivity contribution in [1.29, 1.82) is 0 Å². The van der Waals surface area contributed by atoms with Gasteiger partial charge in [-0.2, -0.15) is 4.31 Å². The Morgan fingerprint density at radius 3 is 2.30 bits per heavy atom. The van der Waals surface area contributed by atoms with Gasteiger partial charge in [0.2, 0.25) is 21.8 Å². The monoisotopic (exact) mass is 426 g/mol. The van der Waals surface area contributed by atoms with Crippen molar-refractivity contribution in [3.05, 3.63) is 66.1 Å². The molecule has 7 nitrogen and oxygen atoms in total. The lowest BCUT2D eigenvalue weighted by atomic mass is 10.1. The number of rotatable bonds is 7. The Morgan fingerprint density at radius 2 is 1.63 bits per heavy atom. The largest absolute Gasteiger partial charge is 0.419 e. The highest BCUT2D eigenvalue weighted by Crippen LogP contribution is 2.21. The van der Waals surface area contributed by atoms with E-state index < -0.39 is 10.0 Å². The normalized spacial score (nSPS) is 16.0. The van der Waals surface area contributed by atoms with Gasteiger partial charge in [-0.1, -0.05) is 43.7 Å². The summed E-state index contributed by atoms with van der Waals surface area (Å²) in [6.45, 7) is 4.75. The van der Waals surface area contributed by atoms with Gasteiger partial charge in [0.25, 0.3) is 0 Å². The molecule has 30 heavy (non-hydrogen) atoms. The quantitative estimate of drug-likeness (QED) is 0.577. The van der Waals surface area contributed by atoms with Crippen LogP contribution in [0.4, 0.5) is 0 Å². The summed E-state index contributed by atoms with van der Waals surface area (Å²) >= 11 is 0. The lowest BCUT2D eigenvalue weighted by Gasteiger charge is -2.33. The van der Waals surface area contributed by atoms with E-state index in [0.717, 1.165) is 24.0 Å². The van der Waals surface area contributed by atoms with Gasteiger partial charge in [0.05, 0.1) is 11.4 Å². The van der Waals surface area contributed by atoms with Crippen LogP contribution in [0.5, 0.6) is 0 Å². The van der Waals surface area contributed by atoms with Gasteiger partial charge in [0.1, 0.15) is 0 Å². The van der Waals surface area contributed by atoms with Crippen LogP contribution in [0, 0.1) is 0 Å². The number of benzene rings is 2. The molecule has 0 N–H and O–H groups in total. The first-order valence-electron chi connectivity index (χ1n) is 10.3. The van der Waals surface area contributed by atoms with Gasteiger partial charge in [0, 0.05) is 31.7 Å². The minimum absolute atomic E-state index is 0.361. The molecule has 158 valence electrons. The van der Waals surface area contributed by atoms with Crippen molar-refractivity contribution in [3.63, 3.8) is 0 Å². The van der Waals surface area contributed by atoms with Crippen LogP contribution in [0.2, 0.25) is 0 Å². The number of hydrogen-bond acceptors (Lipinski definition) is 6. The Morgan fingerprint density at radius 1 is 0.933 bits per heavy atom. The lowest BCUT2D eigenvalue weighted by molar-refractivity contribution is 0.168. The van der Waals surface area contributed by atoms with E-state index in [1.807, 2.05) is 42.5 Å². The summed E-state index contributed by atoms with van der Waals surface area (Å²) in [5, 5.41) is 8.25. The highest BCUT2D eigenvalue weighted by molar-refractivity contribution is 7.89. The first-order chi connectivity index (χ1) is 14.6.